The number of nitrogens with zero attached hydrogens (tertiary/aromatic N) is 16. The number of hydrogen-bond donors (Lipinski definition) is 0. The Morgan fingerprint density at radius 3 is 0.729 bits per heavy atom. The van der Waals surface area contributed by atoms with E-state index in [0.29, 0.717) is 0 Å². The molecule has 0 radical (unpaired) electrons. The van der Waals surface area contributed by atoms with E-state index in [4.69, 9.17) is 0 Å². The van der Waals surface area contributed by atoms with Crippen molar-refractivity contribution in [3.63, 3.8) is 0 Å². The highest BCUT2D eigenvalue weighted by Gasteiger charge is 1.90. The molecule has 12 aromatic rings. The minimum absolute atomic E-state index is 0.829. The monoisotopic (exact) mass is 1290 g/mol. The predicted molar refractivity (Wildman–Crippen MR) is 396 cm³/mol. The quantitative estimate of drug-likeness (QED) is 0.138. The first-order valence-corrected chi connectivity index (χ1v) is 31.6. The first-order valence-electron chi connectivity index (χ1n) is 31.6. The summed E-state index contributed by atoms with van der Waals surface area (Å²) in [5.74, 6) is 3.33. The number of aryl methyl sites for hydroxylation is 24. The third-order valence-corrected chi connectivity index (χ3v) is 12.0. The van der Waals surface area contributed by atoms with Gasteiger partial charge in [-0.2, -0.15) is 0 Å². The van der Waals surface area contributed by atoms with Gasteiger partial charge in [-0.3, -0.25) is 39.9 Å². The Balaban J connectivity index is 0.000000524. The van der Waals surface area contributed by atoms with Crippen LogP contribution in [-0.2, 0) is 0 Å². The Labute approximate surface area is 574 Å². The van der Waals surface area contributed by atoms with Crippen molar-refractivity contribution in [2.45, 2.75) is 166 Å². The van der Waals surface area contributed by atoms with Gasteiger partial charge in [0.05, 0.1) is 22.8 Å². The topological polar surface area (TPSA) is 206 Å². The van der Waals surface area contributed by atoms with Crippen LogP contribution in [0.4, 0.5) is 0 Å². The average Bonchev–Trinajstić information content (AvgIpc) is 3.72. The van der Waals surface area contributed by atoms with Gasteiger partial charge in [0.2, 0.25) is 0 Å². The highest BCUT2D eigenvalue weighted by Crippen LogP contribution is 2.03. The number of aromatic nitrogens is 16. The summed E-state index contributed by atoms with van der Waals surface area (Å²) >= 11 is 0. The van der Waals surface area contributed by atoms with Crippen molar-refractivity contribution in [3.05, 3.63) is 332 Å². The van der Waals surface area contributed by atoms with Crippen LogP contribution < -0.4 is 0 Å². The number of rotatable bonds is 0. The summed E-state index contributed by atoms with van der Waals surface area (Å²) in [6.07, 6.45) is 27.0. The fourth-order valence-electron chi connectivity index (χ4n) is 7.03. The minimum Gasteiger partial charge on any atom is -0.264 e. The second-order valence-corrected chi connectivity index (χ2v) is 23.0. The van der Waals surface area contributed by atoms with E-state index in [9.17, 15) is 0 Å². The fraction of sp³-hybridized carbons (Fsp3) is 0.300. The molecule has 2 aromatic carbocycles. The first-order chi connectivity index (χ1) is 45.5. The lowest BCUT2D eigenvalue weighted by Crippen LogP contribution is -1.86. The van der Waals surface area contributed by atoms with Crippen molar-refractivity contribution in [3.8, 4) is 0 Å². The van der Waals surface area contributed by atoms with E-state index in [-0.39, 0.29) is 0 Å². The SMILES string of the molecule is Cc1ccc(C)cc1.Cc1ccc(C)nc1.Cc1ccc(C)nc1.Cc1cccc(C)c1.Cc1ccnc(C)c1.Cc1ccnc(C)n1.Cc1ccnc(C)n1.Cc1cnc(C)cn1.Cc1cnc(C)nc1.Cc1cnc(C)nc1.Cc1cncc(C)c1.Cc1cncc(C)n1. The van der Waals surface area contributed by atoms with Crippen molar-refractivity contribution in [1.29, 1.82) is 0 Å². The number of benzene rings is 2. The zero-order valence-corrected chi connectivity index (χ0v) is 61.6. The van der Waals surface area contributed by atoms with Gasteiger partial charge < -0.3 is 0 Å². The van der Waals surface area contributed by atoms with Crippen LogP contribution in [0, 0.1) is 166 Å². The molecule has 0 unspecified atom stereocenters. The summed E-state index contributed by atoms with van der Waals surface area (Å²) in [6, 6.07) is 35.0. The minimum atomic E-state index is 0.829. The van der Waals surface area contributed by atoms with Crippen molar-refractivity contribution in [2.75, 3.05) is 0 Å². The fourth-order valence-corrected chi connectivity index (χ4v) is 7.03. The highest BCUT2D eigenvalue weighted by atomic mass is 14.9. The van der Waals surface area contributed by atoms with Crippen molar-refractivity contribution < 1.29 is 0 Å². The molecule has 0 saturated heterocycles. The van der Waals surface area contributed by atoms with Crippen LogP contribution >= 0.6 is 0 Å². The second kappa shape index (κ2) is 49.2. The van der Waals surface area contributed by atoms with Gasteiger partial charge in [-0.25, -0.2) is 39.9 Å². The van der Waals surface area contributed by atoms with E-state index >= 15 is 0 Å². The molecule has 12 rings (SSSR count). The zero-order valence-electron chi connectivity index (χ0n) is 61.6. The lowest BCUT2D eigenvalue weighted by molar-refractivity contribution is 1.01. The smallest absolute Gasteiger partial charge is 0.125 e. The van der Waals surface area contributed by atoms with Crippen LogP contribution in [-0.4, -0.2) is 79.7 Å². The largest absolute Gasteiger partial charge is 0.264 e. The molecule has 0 N–H and O–H groups in total. The summed E-state index contributed by atoms with van der Waals surface area (Å²) in [5.41, 5.74) is 22.9. The van der Waals surface area contributed by atoms with Crippen molar-refractivity contribution >= 4 is 0 Å². The lowest BCUT2D eigenvalue weighted by atomic mass is 10.2. The number of pyridine rings is 4. The van der Waals surface area contributed by atoms with Crippen LogP contribution in [0.3, 0.4) is 0 Å². The van der Waals surface area contributed by atoms with E-state index in [0.717, 1.165) is 85.7 Å². The zero-order chi connectivity index (χ0) is 71.8. The standard InChI is InChI=1S/2C8H10.4C7H9N.6C6H8N2/c1-7-3-5-8(2)6-4-7;1-7-4-3-5-8(2)6-7;1-6-3-7(2)5-8-4-6;1-6-3-4-8-7(2)5-6;2*1-6-3-4-7(2)8-5-6;1-5-3-8-6(2)4-7-5;1-5-3-7-4-6(2)8-5;2*1-5-3-7-6(2)8-4-5;2*1-5-3-4-7-6(2)8-5/h2*3-6H,1-2H3;4*3-5H,1-2H3;6*3-4H,1-2H3. The Kier molecular flexibility index (Phi) is 42.8. The summed E-state index contributed by atoms with van der Waals surface area (Å²) in [5, 5.41) is 0. The Bertz CT molecular complexity index is 3050. The third kappa shape index (κ3) is 47.4. The lowest BCUT2D eigenvalue weighted by Gasteiger charge is -1.90. The molecule has 0 fully saturated rings. The number of hydrogen-bond acceptors (Lipinski definition) is 16. The van der Waals surface area contributed by atoms with Crippen LogP contribution in [0.1, 0.15) is 136 Å². The molecule has 96 heavy (non-hydrogen) atoms. The van der Waals surface area contributed by atoms with Gasteiger partial charge in [0.25, 0.3) is 0 Å². The maximum atomic E-state index is 4.11. The molecule has 0 amide bonds. The van der Waals surface area contributed by atoms with Crippen molar-refractivity contribution in [2.24, 2.45) is 0 Å². The second-order valence-electron chi connectivity index (χ2n) is 23.0. The predicted octanol–water partition coefficient (Wildman–Crippen LogP) is 18.0. The molecule has 10 aromatic heterocycles. The Morgan fingerprint density at radius 1 is 0.167 bits per heavy atom. The van der Waals surface area contributed by atoms with Gasteiger partial charge in [0.15, 0.2) is 0 Å². The third-order valence-electron chi connectivity index (χ3n) is 12.0. The van der Waals surface area contributed by atoms with Gasteiger partial charge in [0, 0.05) is 121 Å². The van der Waals surface area contributed by atoms with Crippen molar-refractivity contribution in [1.82, 2.24) is 79.7 Å². The van der Waals surface area contributed by atoms with E-state index in [1.807, 2.05) is 218 Å². The molecule has 0 spiro atoms. The van der Waals surface area contributed by atoms with E-state index in [1.165, 1.54) is 50.1 Å². The van der Waals surface area contributed by atoms with Gasteiger partial charge in [-0.05, 0) is 242 Å². The molecule has 0 atom stereocenters. The summed E-state index contributed by atoms with van der Waals surface area (Å²) in [7, 11) is 0. The van der Waals surface area contributed by atoms with Crippen LogP contribution in [0.15, 0.2) is 196 Å². The van der Waals surface area contributed by atoms with Gasteiger partial charge >= 0.3 is 0 Å². The molecular weight excluding hydrogens is 1180 g/mol. The molecule has 0 aliphatic rings. The average molecular weight is 1290 g/mol. The normalized spacial score (nSPS) is 9.25. The molecule has 10 heterocycles. The van der Waals surface area contributed by atoms with Gasteiger partial charge in [-0.15, -0.1) is 0 Å². The molecule has 0 bridgehead atoms. The molecule has 0 aliphatic carbocycles. The van der Waals surface area contributed by atoms with Crippen LogP contribution in [0.2, 0.25) is 0 Å². The van der Waals surface area contributed by atoms with Gasteiger partial charge in [-0.1, -0.05) is 89.0 Å². The van der Waals surface area contributed by atoms with Crippen LogP contribution in [0.25, 0.3) is 0 Å². The summed E-state index contributed by atoms with van der Waals surface area (Å²) in [4.78, 5) is 64.1. The van der Waals surface area contributed by atoms with E-state index in [2.05, 4.69) is 187 Å². The molecule has 0 saturated carbocycles. The maximum absolute atomic E-state index is 4.11. The molecular formula is C80H104N16. The Hall–Kier alpha value is -10.5. The van der Waals surface area contributed by atoms with E-state index < -0.39 is 0 Å². The molecule has 0 aliphatic heterocycles. The summed E-state index contributed by atoms with van der Waals surface area (Å²) in [6.45, 7) is 47.7. The van der Waals surface area contributed by atoms with Crippen LogP contribution in [0.5, 0.6) is 0 Å². The molecule has 16 nitrogen and oxygen atoms in total. The van der Waals surface area contributed by atoms with E-state index in [1.54, 1.807) is 37.2 Å². The molecule has 504 valence electrons. The first kappa shape index (κ1) is 83.5. The van der Waals surface area contributed by atoms with Gasteiger partial charge in [0.1, 0.15) is 23.3 Å². The summed E-state index contributed by atoms with van der Waals surface area (Å²) < 4.78 is 0. The highest BCUT2D eigenvalue weighted by molar-refractivity contribution is 5.21. The molecule has 16 heteroatoms. The maximum Gasteiger partial charge on any atom is 0.125 e. The Morgan fingerprint density at radius 2 is 0.500 bits per heavy atom.